The molecule has 1 aliphatic heterocycles. The van der Waals surface area contributed by atoms with Crippen molar-refractivity contribution in [3.63, 3.8) is 0 Å². The molecule has 0 radical (unpaired) electrons. The largest absolute Gasteiger partial charge is 0.497 e. The van der Waals surface area contributed by atoms with Gasteiger partial charge in [0, 0.05) is 16.7 Å². The number of methoxy groups -OCH3 is 3. The zero-order chi connectivity index (χ0) is 22.2. The Kier molecular flexibility index (Phi) is 4.70. The molecule has 1 aliphatic rings. The number of H-pyrrole nitrogens is 1. The first-order valence-corrected chi connectivity index (χ1v) is 9.68. The van der Waals surface area contributed by atoms with Gasteiger partial charge in [-0.1, -0.05) is 5.10 Å². The third kappa shape index (κ3) is 3.02. The Bertz CT molecular complexity index is 1350. The third-order valence-electron chi connectivity index (χ3n) is 5.36. The van der Waals surface area contributed by atoms with Crippen molar-refractivity contribution in [2.45, 2.75) is 6.04 Å². The summed E-state index contributed by atoms with van der Waals surface area (Å²) in [4.78, 5) is 12.8. The van der Waals surface area contributed by atoms with Gasteiger partial charge in [0.2, 0.25) is 5.95 Å². The van der Waals surface area contributed by atoms with E-state index < -0.39 is 11.6 Å². The van der Waals surface area contributed by atoms with Crippen molar-refractivity contribution in [3.05, 3.63) is 63.9 Å². The number of aromatic nitrogens is 6. The van der Waals surface area contributed by atoms with Crippen LogP contribution in [0.1, 0.15) is 17.2 Å². The van der Waals surface area contributed by atoms with Gasteiger partial charge in [0.25, 0.3) is 5.56 Å². The molecule has 32 heavy (non-hydrogen) atoms. The fraction of sp³-hybridized carbons (Fsp3) is 0.190. The minimum atomic E-state index is -0.604. The standard InChI is InChI=1S/C21H19N7O4/c1-30-12-6-4-11(5-7-12)17-16-18(20(29)24-23-17)22-21-25-26-27-28(21)19(16)14-10-13(31-2)8-9-15(14)32-3/h4-10,19H,1-3H3,(H,24,29)(H,22,25,27)/t19-/m1/s1. The SMILES string of the molecule is COc1ccc(-c2n[nH]c(=O)c3c2[C@@H](c2cc(OC)ccc2OC)n2nnnc2N3)cc1. The number of fused-ring (bicyclic) bond motifs is 2. The van der Waals surface area contributed by atoms with E-state index in [4.69, 9.17) is 14.2 Å². The van der Waals surface area contributed by atoms with Crippen LogP contribution < -0.4 is 25.1 Å². The van der Waals surface area contributed by atoms with Gasteiger partial charge in [-0.3, -0.25) is 4.79 Å². The van der Waals surface area contributed by atoms with E-state index >= 15 is 0 Å². The van der Waals surface area contributed by atoms with Gasteiger partial charge in [0.05, 0.1) is 27.0 Å². The predicted octanol–water partition coefficient (Wildman–Crippen LogP) is 2.14. The van der Waals surface area contributed by atoms with Crippen molar-refractivity contribution in [3.8, 4) is 28.5 Å². The van der Waals surface area contributed by atoms with Crippen molar-refractivity contribution in [2.75, 3.05) is 26.6 Å². The molecule has 0 aliphatic carbocycles. The second-order valence-corrected chi connectivity index (χ2v) is 7.00. The van der Waals surface area contributed by atoms with Crippen LogP contribution in [0, 0.1) is 0 Å². The highest BCUT2D eigenvalue weighted by molar-refractivity contribution is 5.76. The summed E-state index contributed by atoms with van der Waals surface area (Å²) in [6.45, 7) is 0. The Morgan fingerprint density at radius 1 is 0.969 bits per heavy atom. The topological polar surface area (TPSA) is 129 Å². The number of nitrogens with zero attached hydrogens (tertiary/aromatic N) is 5. The molecule has 0 fully saturated rings. The van der Waals surface area contributed by atoms with Crippen LogP contribution in [0.2, 0.25) is 0 Å². The highest BCUT2D eigenvalue weighted by Gasteiger charge is 2.36. The lowest BCUT2D eigenvalue weighted by Crippen LogP contribution is -2.29. The molecule has 0 saturated carbocycles. The number of tetrazole rings is 1. The van der Waals surface area contributed by atoms with Crippen LogP contribution in [0.25, 0.3) is 11.3 Å². The van der Waals surface area contributed by atoms with E-state index in [1.807, 2.05) is 30.3 Å². The normalized spacial score (nSPS) is 14.2. The molecule has 0 unspecified atom stereocenters. The van der Waals surface area contributed by atoms with Crippen LogP contribution >= 0.6 is 0 Å². The van der Waals surface area contributed by atoms with E-state index in [-0.39, 0.29) is 0 Å². The van der Waals surface area contributed by atoms with E-state index in [1.54, 1.807) is 38.1 Å². The van der Waals surface area contributed by atoms with Gasteiger partial charge in [-0.05, 0) is 52.9 Å². The smallest absolute Gasteiger partial charge is 0.288 e. The Hall–Kier alpha value is -4.41. The molecule has 3 heterocycles. The lowest BCUT2D eigenvalue weighted by atomic mass is 9.91. The Balaban J connectivity index is 1.81. The van der Waals surface area contributed by atoms with Crippen LogP contribution in [-0.2, 0) is 0 Å². The Morgan fingerprint density at radius 3 is 2.44 bits per heavy atom. The fourth-order valence-electron chi connectivity index (χ4n) is 3.85. The van der Waals surface area contributed by atoms with E-state index in [2.05, 4.69) is 31.0 Å². The van der Waals surface area contributed by atoms with E-state index in [1.165, 1.54) is 0 Å². The molecule has 11 nitrogen and oxygen atoms in total. The molecule has 0 saturated heterocycles. The van der Waals surface area contributed by atoms with Crippen molar-refractivity contribution >= 4 is 11.6 Å². The number of hydrogen-bond acceptors (Lipinski definition) is 9. The molecular weight excluding hydrogens is 414 g/mol. The average Bonchev–Trinajstić information content (AvgIpc) is 3.31. The average molecular weight is 433 g/mol. The highest BCUT2D eigenvalue weighted by Crippen LogP contribution is 2.44. The first kappa shape index (κ1) is 19.5. The summed E-state index contributed by atoms with van der Waals surface area (Å²) in [7, 11) is 4.76. The van der Waals surface area contributed by atoms with E-state index in [9.17, 15) is 4.79 Å². The number of benzene rings is 2. The van der Waals surface area contributed by atoms with E-state index in [0.717, 1.165) is 5.56 Å². The van der Waals surface area contributed by atoms with Gasteiger partial charge in [-0.2, -0.15) is 9.78 Å². The maximum absolute atomic E-state index is 12.8. The summed E-state index contributed by atoms with van der Waals surface area (Å²) >= 11 is 0. The molecule has 2 N–H and O–H groups in total. The van der Waals surface area contributed by atoms with Crippen LogP contribution in [0.4, 0.5) is 11.6 Å². The van der Waals surface area contributed by atoms with Crippen LogP contribution in [0.15, 0.2) is 47.3 Å². The van der Waals surface area contributed by atoms with Crippen molar-refractivity contribution in [1.82, 2.24) is 30.4 Å². The van der Waals surface area contributed by atoms with Gasteiger partial charge in [-0.25, -0.2) is 5.10 Å². The van der Waals surface area contributed by atoms with E-state index in [0.29, 0.717) is 45.7 Å². The lowest BCUT2D eigenvalue weighted by molar-refractivity contribution is 0.392. The number of anilines is 2. The number of hydrogen-bond donors (Lipinski definition) is 2. The molecule has 162 valence electrons. The number of ether oxygens (including phenoxy) is 3. The fourth-order valence-corrected chi connectivity index (χ4v) is 3.85. The van der Waals surface area contributed by atoms with Crippen molar-refractivity contribution < 1.29 is 14.2 Å². The van der Waals surface area contributed by atoms with Gasteiger partial charge >= 0.3 is 0 Å². The molecule has 1 atom stereocenters. The first-order valence-electron chi connectivity index (χ1n) is 9.68. The molecule has 5 rings (SSSR count). The molecular formula is C21H19N7O4. The Morgan fingerprint density at radius 2 is 1.72 bits per heavy atom. The quantitative estimate of drug-likeness (QED) is 0.428. The molecule has 0 spiro atoms. The number of nitrogens with one attached hydrogen (secondary N) is 2. The van der Waals surface area contributed by atoms with Crippen molar-refractivity contribution in [2.24, 2.45) is 0 Å². The summed E-state index contributed by atoms with van der Waals surface area (Å²) in [6.07, 6.45) is 0. The molecule has 11 heteroatoms. The summed E-state index contributed by atoms with van der Waals surface area (Å²) in [5.74, 6) is 2.24. The van der Waals surface area contributed by atoms with Gasteiger partial charge < -0.3 is 19.5 Å². The highest BCUT2D eigenvalue weighted by atomic mass is 16.5. The molecule has 2 aromatic carbocycles. The van der Waals surface area contributed by atoms with Crippen LogP contribution in [0.3, 0.4) is 0 Å². The second kappa shape index (κ2) is 7.69. The van der Waals surface area contributed by atoms with Crippen LogP contribution in [0.5, 0.6) is 17.2 Å². The number of aromatic amines is 1. The third-order valence-corrected chi connectivity index (χ3v) is 5.36. The zero-order valence-corrected chi connectivity index (χ0v) is 17.5. The molecule has 4 aromatic rings. The lowest BCUT2D eigenvalue weighted by Gasteiger charge is -2.29. The van der Waals surface area contributed by atoms with Gasteiger partial charge in [0.1, 0.15) is 29.0 Å². The van der Waals surface area contributed by atoms with Gasteiger partial charge in [0.15, 0.2) is 0 Å². The molecule has 0 bridgehead atoms. The first-order chi connectivity index (χ1) is 15.6. The predicted molar refractivity (Wildman–Crippen MR) is 115 cm³/mol. The molecule has 2 aromatic heterocycles. The van der Waals surface area contributed by atoms with Crippen LogP contribution in [-0.4, -0.2) is 51.7 Å². The summed E-state index contributed by atoms with van der Waals surface area (Å²) in [5, 5.41) is 22.0. The van der Waals surface area contributed by atoms with Crippen molar-refractivity contribution in [1.29, 1.82) is 0 Å². The Labute approximate surface area is 181 Å². The molecule has 0 amide bonds. The second-order valence-electron chi connectivity index (χ2n) is 7.00. The zero-order valence-electron chi connectivity index (χ0n) is 17.5. The summed E-state index contributed by atoms with van der Waals surface area (Å²) < 4.78 is 17.9. The maximum atomic E-state index is 12.8. The monoisotopic (exact) mass is 433 g/mol. The van der Waals surface area contributed by atoms with Gasteiger partial charge in [-0.15, -0.1) is 0 Å². The summed E-state index contributed by atoms with van der Waals surface area (Å²) in [5.41, 5.74) is 2.58. The minimum absolute atomic E-state index is 0.308. The maximum Gasteiger partial charge on any atom is 0.288 e. The minimum Gasteiger partial charge on any atom is -0.497 e. The number of rotatable bonds is 5. The summed E-state index contributed by atoms with van der Waals surface area (Å²) in [6, 6.07) is 12.2.